The van der Waals surface area contributed by atoms with Crippen LogP contribution in [0, 0.1) is 0 Å². The van der Waals surface area contributed by atoms with Gasteiger partial charge < -0.3 is 9.80 Å². The van der Waals surface area contributed by atoms with Crippen molar-refractivity contribution in [2.75, 3.05) is 44.2 Å². The summed E-state index contributed by atoms with van der Waals surface area (Å²) in [4.78, 5) is 22.9. The standard InChI is InChI=1S/C24H25F3N6O/c25-24(26,27)19-6-7-22(28-14-19)31-12-10-30(11-13-31)17-23(34)32-9-8-21-18(15-32)16-33(29-21)20-4-2-1-3-5-20/h1-7,14,16H,8-13,15,17H2. The highest BCUT2D eigenvalue weighted by molar-refractivity contribution is 5.78. The fourth-order valence-electron chi connectivity index (χ4n) is 4.41. The number of para-hydroxylation sites is 1. The number of amides is 1. The molecule has 7 nitrogen and oxygen atoms in total. The molecule has 1 saturated heterocycles. The summed E-state index contributed by atoms with van der Waals surface area (Å²) in [5, 5.41) is 4.68. The van der Waals surface area contributed by atoms with Gasteiger partial charge in [-0.3, -0.25) is 9.69 Å². The monoisotopic (exact) mass is 470 g/mol. The van der Waals surface area contributed by atoms with Crippen LogP contribution in [0.1, 0.15) is 16.8 Å². The number of benzene rings is 1. The van der Waals surface area contributed by atoms with E-state index in [2.05, 4.69) is 15.0 Å². The highest BCUT2D eigenvalue weighted by Crippen LogP contribution is 2.29. The summed E-state index contributed by atoms with van der Waals surface area (Å²) in [6.45, 7) is 4.05. The highest BCUT2D eigenvalue weighted by Gasteiger charge is 2.31. The zero-order chi connectivity index (χ0) is 23.7. The van der Waals surface area contributed by atoms with E-state index in [9.17, 15) is 18.0 Å². The zero-order valence-corrected chi connectivity index (χ0v) is 18.6. The smallest absolute Gasteiger partial charge is 0.354 e. The minimum absolute atomic E-state index is 0.0826. The fourth-order valence-corrected chi connectivity index (χ4v) is 4.41. The molecular weight excluding hydrogens is 445 g/mol. The number of alkyl halides is 3. The quantitative estimate of drug-likeness (QED) is 0.587. The van der Waals surface area contributed by atoms with Gasteiger partial charge in [-0.2, -0.15) is 18.3 Å². The maximum atomic E-state index is 13.0. The van der Waals surface area contributed by atoms with Crippen LogP contribution in [0.2, 0.25) is 0 Å². The van der Waals surface area contributed by atoms with Gasteiger partial charge in [-0.05, 0) is 24.3 Å². The Kier molecular flexibility index (Phi) is 5.99. The lowest BCUT2D eigenvalue weighted by molar-refractivity contribution is -0.137. The molecule has 0 N–H and O–H groups in total. The van der Waals surface area contributed by atoms with Crippen LogP contribution in [0.25, 0.3) is 5.69 Å². The molecule has 2 aromatic heterocycles. The van der Waals surface area contributed by atoms with Gasteiger partial charge in [0.2, 0.25) is 5.91 Å². The SMILES string of the molecule is O=C(CN1CCN(c2ccc(C(F)(F)F)cn2)CC1)N1CCc2nn(-c3ccccc3)cc2C1. The third kappa shape index (κ3) is 4.77. The molecule has 2 aliphatic rings. The summed E-state index contributed by atoms with van der Waals surface area (Å²) in [6.07, 6.45) is -0.788. The first kappa shape index (κ1) is 22.4. The number of carbonyl (C=O) groups is 1. The number of anilines is 1. The molecule has 0 aliphatic carbocycles. The van der Waals surface area contributed by atoms with Crippen LogP contribution in [-0.2, 0) is 23.9 Å². The number of hydrogen-bond acceptors (Lipinski definition) is 5. The number of nitrogens with zero attached hydrogens (tertiary/aromatic N) is 6. The van der Waals surface area contributed by atoms with E-state index in [-0.39, 0.29) is 5.91 Å². The van der Waals surface area contributed by atoms with Crippen molar-refractivity contribution < 1.29 is 18.0 Å². The number of aromatic nitrogens is 3. The molecule has 0 radical (unpaired) electrons. The Morgan fingerprint density at radius 1 is 0.971 bits per heavy atom. The lowest BCUT2D eigenvalue weighted by Crippen LogP contribution is -2.50. The van der Waals surface area contributed by atoms with Crippen molar-refractivity contribution in [3.63, 3.8) is 0 Å². The van der Waals surface area contributed by atoms with E-state index in [1.54, 1.807) is 0 Å². The zero-order valence-electron chi connectivity index (χ0n) is 18.6. The second-order valence-electron chi connectivity index (χ2n) is 8.61. The number of fused-ring (bicyclic) bond motifs is 1. The second-order valence-corrected chi connectivity index (χ2v) is 8.61. The molecule has 34 heavy (non-hydrogen) atoms. The average Bonchev–Trinajstić information content (AvgIpc) is 3.28. The number of hydrogen-bond donors (Lipinski definition) is 0. The largest absolute Gasteiger partial charge is 0.417 e. The van der Waals surface area contributed by atoms with Crippen LogP contribution >= 0.6 is 0 Å². The van der Waals surface area contributed by atoms with E-state index in [1.165, 1.54) is 6.07 Å². The Morgan fingerprint density at radius 2 is 1.74 bits per heavy atom. The Morgan fingerprint density at radius 3 is 2.41 bits per heavy atom. The first-order valence-corrected chi connectivity index (χ1v) is 11.3. The topological polar surface area (TPSA) is 57.5 Å². The molecule has 1 fully saturated rings. The van der Waals surface area contributed by atoms with Crippen molar-refractivity contribution in [2.24, 2.45) is 0 Å². The average molecular weight is 470 g/mol. The van der Waals surface area contributed by atoms with E-state index in [0.29, 0.717) is 51.6 Å². The molecule has 3 aromatic rings. The maximum absolute atomic E-state index is 13.0. The molecular formula is C24H25F3N6O. The third-order valence-corrected chi connectivity index (χ3v) is 6.36. The molecule has 178 valence electrons. The van der Waals surface area contributed by atoms with E-state index in [1.807, 2.05) is 51.0 Å². The Hall–Kier alpha value is -3.40. The first-order chi connectivity index (χ1) is 16.4. The number of halogens is 3. The number of pyridine rings is 1. The maximum Gasteiger partial charge on any atom is 0.417 e. The van der Waals surface area contributed by atoms with Gasteiger partial charge in [-0.1, -0.05) is 18.2 Å². The molecule has 0 spiro atoms. The summed E-state index contributed by atoms with van der Waals surface area (Å²) < 4.78 is 40.1. The lowest BCUT2D eigenvalue weighted by Gasteiger charge is -2.36. The fraction of sp³-hybridized carbons (Fsp3) is 0.375. The summed E-state index contributed by atoms with van der Waals surface area (Å²) in [5.41, 5.74) is 2.35. The van der Waals surface area contributed by atoms with Crippen LogP contribution < -0.4 is 4.90 Å². The molecule has 1 aromatic carbocycles. The van der Waals surface area contributed by atoms with Crippen molar-refractivity contribution in [1.82, 2.24) is 24.6 Å². The predicted octanol–water partition coefficient (Wildman–Crippen LogP) is 2.99. The predicted molar refractivity (Wildman–Crippen MR) is 121 cm³/mol. The Bertz CT molecular complexity index is 1140. The van der Waals surface area contributed by atoms with E-state index in [0.717, 1.165) is 35.6 Å². The van der Waals surface area contributed by atoms with E-state index < -0.39 is 11.7 Å². The van der Waals surface area contributed by atoms with Crippen molar-refractivity contribution in [2.45, 2.75) is 19.1 Å². The molecule has 1 amide bonds. The van der Waals surface area contributed by atoms with Gasteiger partial charge in [0.15, 0.2) is 0 Å². The lowest BCUT2D eigenvalue weighted by atomic mass is 10.1. The molecule has 0 saturated carbocycles. The summed E-state index contributed by atoms with van der Waals surface area (Å²) >= 11 is 0. The van der Waals surface area contributed by atoms with Crippen molar-refractivity contribution in [3.05, 3.63) is 71.7 Å². The summed E-state index contributed by atoms with van der Waals surface area (Å²) in [5.74, 6) is 0.609. The molecule has 0 unspecified atom stereocenters. The minimum Gasteiger partial charge on any atom is -0.354 e. The number of piperazine rings is 1. The minimum atomic E-state index is -4.39. The van der Waals surface area contributed by atoms with E-state index in [4.69, 9.17) is 0 Å². The summed E-state index contributed by atoms with van der Waals surface area (Å²) in [6, 6.07) is 12.4. The van der Waals surface area contributed by atoms with Crippen molar-refractivity contribution in [1.29, 1.82) is 0 Å². The molecule has 5 rings (SSSR count). The Balaban J connectivity index is 1.14. The summed E-state index contributed by atoms with van der Waals surface area (Å²) in [7, 11) is 0. The molecule has 0 bridgehead atoms. The van der Waals surface area contributed by atoms with E-state index >= 15 is 0 Å². The molecule has 0 atom stereocenters. The first-order valence-electron chi connectivity index (χ1n) is 11.3. The second kappa shape index (κ2) is 9.09. The van der Waals surface area contributed by atoms with Crippen LogP contribution in [0.3, 0.4) is 0 Å². The van der Waals surface area contributed by atoms with Crippen LogP contribution in [0.4, 0.5) is 19.0 Å². The van der Waals surface area contributed by atoms with Gasteiger partial charge in [-0.15, -0.1) is 0 Å². The van der Waals surface area contributed by atoms with Crippen LogP contribution in [0.5, 0.6) is 0 Å². The van der Waals surface area contributed by atoms with Crippen LogP contribution in [-0.4, -0.2) is 69.7 Å². The van der Waals surface area contributed by atoms with Gasteiger partial charge in [0, 0.05) is 63.6 Å². The van der Waals surface area contributed by atoms with Gasteiger partial charge in [0.1, 0.15) is 5.82 Å². The highest BCUT2D eigenvalue weighted by atomic mass is 19.4. The van der Waals surface area contributed by atoms with Gasteiger partial charge in [0.05, 0.1) is 23.5 Å². The van der Waals surface area contributed by atoms with Crippen LogP contribution in [0.15, 0.2) is 54.9 Å². The molecule has 4 heterocycles. The van der Waals surface area contributed by atoms with Crippen molar-refractivity contribution >= 4 is 11.7 Å². The number of rotatable bonds is 4. The normalized spacial score (nSPS) is 17.0. The molecule has 2 aliphatic heterocycles. The number of carbonyl (C=O) groups excluding carboxylic acids is 1. The molecule has 10 heteroatoms. The van der Waals surface area contributed by atoms with Gasteiger partial charge in [0.25, 0.3) is 0 Å². The Labute approximate surface area is 195 Å². The van der Waals surface area contributed by atoms with Crippen molar-refractivity contribution in [3.8, 4) is 5.69 Å². The van der Waals surface area contributed by atoms with Gasteiger partial charge in [-0.25, -0.2) is 9.67 Å². The third-order valence-electron chi connectivity index (χ3n) is 6.36. The van der Waals surface area contributed by atoms with Gasteiger partial charge >= 0.3 is 6.18 Å².